The lowest BCUT2D eigenvalue weighted by molar-refractivity contribution is 0.660. The zero-order valence-corrected chi connectivity index (χ0v) is 40.0. The maximum absolute atomic E-state index is 2.43. The molecular weight excluding hydrogens is 857 g/mol. The Balaban J connectivity index is 0.885. The molecule has 0 atom stereocenters. The second-order valence-electron chi connectivity index (χ2n) is 19.0. The van der Waals surface area contributed by atoms with Crippen molar-refractivity contribution in [3.8, 4) is 66.8 Å². The summed E-state index contributed by atoms with van der Waals surface area (Å²) < 4.78 is 0. The van der Waals surface area contributed by atoms with Gasteiger partial charge in [-0.25, -0.2) is 0 Å². The minimum absolute atomic E-state index is 0.273. The van der Waals surface area contributed by atoms with Gasteiger partial charge in [-0.05, 0) is 157 Å². The summed E-state index contributed by atoms with van der Waals surface area (Å²) in [5.41, 5.74) is 23.6. The van der Waals surface area contributed by atoms with Crippen LogP contribution in [0.3, 0.4) is 0 Å². The minimum atomic E-state index is -0.273. The summed E-state index contributed by atoms with van der Waals surface area (Å²) in [6.45, 7) is 4.76. The van der Waals surface area contributed by atoms with Crippen LogP contribution in [-0.2, 0) is 5.41 Å². The van der Waals surface area contributed by atoms with Crippen molar-refractivity contribution in [2.75, 3.05) is 9.80 Å². The van der Waals surface area contributed by atoms with Gasteiger partial charge < -0.3 is 9.80 Å². The summed E-state index contributed by atoms with van der Waals surface area (Å²) in [6.07, 6.45) is 0. The molecule has 0 spiro atoms. The lowest BCUT2D eigenvalue weighted by Gasteiger charge is -2.29. The van der Waals surface area contributed by atoms with E-state index in [1.165, 1.54) is 77.9 Å². The quantitative estimate of drug-likeness (QED) is 0.128. The van der Waals surface area contributed by atoms with Gasteiger partial charge in [0, 0.05) is 39.5 Å². The van der Waals surface area contributed by atoms with Gasteiger partial charge in [0.2, 0.25) is 0 Å². The van der Waals surface area contributed by atoms with Crippen LogP contribution >= 0.6 is 0 Å². The summed E-state index contributed by atoms with van der Waals surface area (Å²) in [4.78, 5) is 4.79. The largest absolute Gasteiger partial charge is 0.310 e. The molecule has 11 aromatic carbocycles. The van der Waals surface area contributed by atoms with E-state index < -0.39 is 0 Å². The molecule has 0 aliphatic heterocycles. The van der Waals surface area contributed by atoms with Gasteiger partial charge in [-0.1, -0.05) is 214 Å². The zero-order chi connectivity index (χ0) is 47.7. The fourth-order valence-electron chi connectivity index (χ4n) is 10.5. The summed E-state index contributed by atoms with van der Waals surface area (Å²) in [5, 5.41) is 0. The third-order valence-electron chi connectivity index (χ3n) is 14.3. The van der Waals surface area contributed by atoms with E-state index in [0.29, 0.717) is 0 Å². The molecular formula is C69H52N2. The first-order valence-electron chi connectivity index (χ1n) is 24.6. The van der Waals surface area contributed by atoms with Crippen LogP contribution in [0.4, 0.5) is 34.1 Å². The van der Waals surface area contributed by atoms with Crippen LogP contribution in [0.15, 0.2) is 279 Å². The number of hydrogen-bond acceptors (Lipinski definition) is 2. The van der Waals surface area contributed by atoms with Crippen LogP contribution < -0.4 is 9.80 Å². The molecule has 0 aromatic heterocycles. The Morgan fingerprint density at radius 3 is 0.831 bits per heavy atom. The Morgan fingerprint density at radius 1 is 0.211 bits per heavy atom. The molecule has 0 N–H and O–H groups in total. The number of nitrogens with zero attached hydrogens (tertiary/aromatic N) is 2. The molecule has 0 fully saturated rings. The highest BCUT2D eigenvalue weighted by atomic mass is 15.1. The van der Waals surface area contributed by atoms with Crippen molar-refractivity contribution in [3.05, 3.63) is 290 Å². The van der Waals surface area contributed by atoms with E-state index in [1.807, 2.05) is 0 Å². The molecule has 0 unspecified atom stereocenters. The average Bonchev–Trinajstić information content (AvgIpc) is 3.67. The third-order valence-corrected chi connectivity index (χ3v) is 14.3. The van der Waals surface area contributed by atoms with E-state index in [4.69, 9.17) is 0 Å². The van der Waals surface area contributed by atoms with E-state index in [2.05, 4.69) is 303 Å². The monoisotopic (exact) mass is 908 g/mol. The summed E-state index contributed by atoms with van der Waals surface area (Å²) in [6, 6.07) is 101. The number of anilines is 6. The summed E-state index contributed by atoms with van der Waals surface area (Å²) >= 11 is 0. The lowest BCUT2D eigenvalue weighted by atomic mass is 9.82. The van der Waals surface area contributed by atoms with Crippen molar-refractivity contribution in [2.24, 2.45) is 0 Å². The smallest absolute Gasteiger partial charge is 0.0465 e. The highest BCUT2D eigenvalue weighted by Crippen LogP contribution is 2.52. The molecule has 2 nitrogen and oxygen atoms in total. The van der Waals surface area contributed by atoms with Crippen molar-refractivity contribution < 1.29 is 0 Å². The normalized spacial score (nSPS) is 12.2. The second kappa shape index (κ2) is 18.5. The number of para-hydroxylation sites is 1. The van der Waals surface area contributed by atoms with Crippen molar-refractivity contribution in [2.45, 2.75) is 19.3 Å². The molecule has 2 heteroatoms. The van der Waals surface area contributed by atoms with Crippen molar-refractivity contribution in [1.29, 1.82) is 0 Å². The van der Waals surface area contributed by atoms with Gasteiger partial charge in [-0.3, -0.25) is 0 Å². The van der Waals surface area contributed by atoms with Crippen molar-refractivity contribution in [1.82, 2.24) is 0 Å². The highest BCUT2D eigenvalue weighted by molar-refractivity contribution is 5.89. The Morgan fingerprint density at radius 2 is 0.465 bits per heavy atom. The fourth-order valence-corrected chi connectivity index (χ4v) is 10.5. The molecule has 0 bridgehead atoms. The molecule has 71 heavy (non-hydrogen) atoms. The van der Waals surface area contributed by atoms with Crippen molar-refractivity contribution in [3.63, 3.8) is 0 Å². The van der Waals surface area contributed by atoms with Crippen LogP contribution in [0.5, 0.6) is 0 Å². The van der Waals surface area contributed by atoms with E-state index in [0.717, 1.165) is 34.1 Å². The molecule has 0 saturated carbocycles. The van der Waals surface area contributed by atoms with Crippen molar-refractivity contribution >= 4 is 34.1 Å². The molecule has 0 amide bonds. The van der Waals surface area contributed by atoms with E-state index in [-0.39, 0.29) is 5.41 Å². The Kier molecular flexibility index (Phi) is 11.3. The van der Waals surface area contributed by atoms with Gasteiger partial charge in [0.1, 0.15) is 0 Å². The lowest BCUT2D eigenvalue weighted by Crippen LogP contribution is -2.17. The third kappa shape index (κ3) is 8.41. The Bertz CT molecular complexity index is 3600. The first kappa shape index (κ1) is 43.3. The van der Waals surface area contributed by atoms with Gasteiger partial charge in [0.15, 0.2) is 0 Å². The Hall–Kier alpha value is -8.98. The number of hydrogen-bond donors (Lipinski definition) is 0. The first-order valence-corrected chi connectivity index (χ1v) is 24.6. The van der Waals surface area contributed by atoms with E-state index in [1.54, 1.807) is 0 Å². The van der Waals surface area contributed by atoms with Crippen LogP contribution in [0.2, 0.25) is 0 Å². The maximum atomic E-state index is 2.43. The van der Waals surface area contributed by atoms with Gasteiger partial charge in [-0.2, -0.15) is 0 Å². The fraction of sp³-hybridized carbons (Fsp3) is 0.0435. The second-order valence-corrected chi connectivity index (χ2v) is 19.0. The van der Waals surface area contributed by atoms with Gasteiger partial charge in [-0.15, -0.1) is 0 Å². The maximum Gasteiger partial charge on any atom is 0.0465 e. The van der Waals surface area contributed by atoms with Crippen LogP contribution in [-0.4, -0.2) is 0 Å². The average molecular weight is 909 g/mol. The number of rotatable bonds is 11. The molecule has 1 aliphatic rings. The predicted molar refractivity (Wildman–Crippen MR) is 301 cm³/mol. The molecule has 0 radical (unpaired) electrons. The van der Waals surface area contributed by atoms with Crippen LogP contribution in [0.1, 0.15) is 25.0 Å². The van der Waals surface area contributed by atoms with E-state index >= 15 is 0 Å². The predicted octanol–water partition coefficient (Wildman–Crippen LogP) is 19.3. The van der Waals surface area contributed by atoms with Gasteiger partial charge in [0.05, 0.1) is 0 Å². The highest BCUT2D eigenvalue weighted by Gasteiger charge is 2.37. The SMILES string of the molecule is CC1(C)c2cc(N(c3ccccc3)c3ccc(-c4ccc(-c5ccccc5)cc4)cc3)ccc2-c2ccc(N(c3ccc(-c4ccccc4)cc3)c3ccc(-c4cccc(-c5ccccc5)c4)cc3)cc21. The van der Waals surface area contributed by atoms with E-state index in [9.17, 15) is 0 Å². The zero-order valence-electron chi connectivity index (χ0n) is 40.0. The summed E-state index contributed by atoms with van der Waals surface area (Å²) in [5.74, 6) is 0. The molecule has 12 rings (SSSR count). The van der Waals surface area contributed by atoms with Gasteiger partial charge >= 0.3 is 0 Å². The molecule has 0 saturated heterocycles. The standard InChI is InChI=1S/C69H52N2/c1-69(2)67-47-63(70(59-24-13-6-14-25-59)60-38-32-55(33-39-60)53-28-26-52(27-29-53)49-16-7-3-8-17-49)42-44-65(67)66-45-43-64(48-68(66)69)71(61-36-30-54(31-37-61)50-18-9-4-10-19-50)62-40-34-56(35-41-62)58-23-15-22-57(46-58)51-20-11-5-12-21-51/h3-48H,1-2H3. The molecule has 11 aromatic rings. The number of fused-ring (bicyclic) bond motifs is 3. The summed E-state index contributed by atoms with van der Waals surface area (Å²) in [7, 11) is 0. The van der Waals surface area contributed by atoms with Gasteiger partial charge in [0.25, 0.3) is 0 Å². The molecule has 0 heterocycles. The Labute approximate surface area is 418 Å². The number of benzene rings is 11. The molecule has 1 aliphatic carbocycles. The first-order chi connectivity index (χ1) is 34.9. The van der Waals surface area contributed by atoms with Crippen LogP contribution in [0, 0.1) is 0 Å². The van der Waals surface area contributed by atoms with Crippen LogP contribution in [0.25, 0.3) is 66.8 Å². The molecule has 338 valence electrons. The topological polar surface area (TPSA) is 6.48 Å². The minimum Gasteiger partial charge on any atom is -0.310 e.